The molecule has 0 aromatic carbocycles. The Balaban J connectivity index is 1.05. The van der Waals surface area contributed by atoms with Crippen molar-refractivity contribution in [1.29, 1.82) is 0 Å². The van der Waals surface area contributed by atoms with E-state index in [-0.39, 0.29) is 0 Å². The van der Waals surface area contributed by atoms with Gasteiger partial charge in [-0.1, -0.05) is 19.3 Å². The molecule has 0 bridgehead atoms. The Kier molecular flexibility index (Phi) is 7.59. The van der Waals surface area contributed by atoms with Gasteiger partial charge >= 0.3 is 0 Å². The van der Waals surface area contributed by atoms with E-state index in [9.17, 15) is 0 Å². The van der Waals surface area contributed by atoms with E-state index >= 15 is 0 Å². The maximum Gasteiger partial charge on any atom is 0.137 e. The second-order valence-electron chi connectivity index (χ2n) is 8.69. The Morgan fingerprint density at radius 3 is 2.75 bits per heavy atom. The van der Waals surface area contributed by atoms with E-state index in [1.54, 1.807) is 0 Å². The van der Waals surface area contributed by atoms with Crippen molar-refractivity contribution in [2.24, 2.45) is 5.92 Å². The van der Waals surface area contributed by atoms with Crippen molar-refractivity contribution >= 4 is 0 Å². The Morgan fingerprint density at radius 1 is 1.04 bits per heavy atom. The van der Waals surface area contributed by atoms with E-state index in [2.05, 4.69) is 16.4 Å². The van der Waals surface area contributed by atoms with Gasteiger partial charge < -0.3 is 19.5 Å². The molecule has 3 aliphatic rings. The van der Waals surface area contributed by atoms with Crippen LogP contribution in [0.25, 0.3) is 0 Å². The molecule has 3 fully saturated rings. The predicted octanol–water partition coefficient (Wildman–Crippen LogP) is 4.07. The van der Waals surface area contributed by atoms with Crippen molar-refractivity contribution in [3.8, 4) is 5.75 Å². The van der Waals surface area contributed by atoms with E-state index in [1.807, 2.05) is 12.4 Å². The minimum absolute atomic E-state index is 0.513. The van der Waals surface area contributed by atoms with E-state index < -0.39 is 0 Å². The summed E-state index contributed by atoms with van der Waals surface area (Å²) in [5.41, 5.74) is 1.32. The number of pyridine rings is 1. The molecule has 2 saturated carbocycles. The van der Waals surface area contributed by atoms with E-state index in [4.69, 9.17) is 14.2 Å². The molecule has 28 heavy (non-hydrogen) atoms. The van der Waals surface area contributed by atoms with Crippen molar-refractivity contribution in [3.05, 3.63) is 24.0 Å². The Labute approximate surface area is 169 Å². The van der Waals surface area contributed by atoms with E-state index in [0.29, 0.717) is 18.1 Å². The first-order valence-electron chi connectivity index (χ1n) is 11.4. The molecule has 1 aliphatic heterocycles. The molecule has 2 aliphatic carbocycles. The third-order valence-electron chi connectivity index (χ3n) is 6.43. The minimum atomic E-state index is 0.513. The maximum absolute atomic E-state index is 5.95. The molecule has 1 N–H and O–H groups in total. The Bertz CT molecular complexity index is 587. The van der Waals surface area contributed by atoms with Gasteiger partial charge in [-0.3, -0.25) is 4.98 Å². The molecule has 5 nitrogen and oxygen atoms in total. The third kappa shape index (κ3) is 6.16. The highest BCUT2D eigenvalue weighted by Gasteiger charge is 2.38. The van der Waals surface area contributed by atoms with Gasteiger partial charge in [0.2, 0.25) is 0 Å². The van der Waals surface area contributed by atoms with Crippen molar-refractivity contribution in [1.82, 2.24) is 10.3 Å². The summed E-state index contributed by atoms with van der Waals surface area (Å²) < 4.78 is 17.7. The molecule has 0 spiro atoms. The smallest absolute Gasteiger partial charge is 0.137 e. The van der Waals surface area contributed by atoms with Crippen LogP contribution in [0.3, 0.4) is 0 Å². The van der Waals surface area contributed by atoms with Crippen LogP contribution < -0.4 is 10.1 Å². The summed E-state index contributed by atoms with van der Waals surface area (Å²) in [4.78, 5) is 4.38. The van der Waals surface area contributed by atoms with E-state index in [1.165, 1.54) is 50.5 Å². The zero-order valence-electron chi connectivity index (χ0n) is 17.1. The number of hydrogen-bond donors (Lipinski definition) is 1. The lowest BCUT2D eigenvalue weighted by atomic mass is 9.98. The highest BCUT2D eigenvalue weighted by Crippen LogP contribution is 2.49. The zero-order chi connectivity index (χ0) is 19.0. The molecule has 156 valence electrons. The number of ether oxygens (including phenoxy) is 3. The summed E-state index contributed by atoms with van der Waals surface area (Å²) in [6.45, 7) is 4.40. The highest BCUT2D eigenvalue weighted by atomic mass is 16.5. The van der Waals surface area contributed by atoms with Gasteiger partial charge in [-0.25, -0.2) is 0 Å². The molecular formula is C23H36N2O3. The lowest BCUT2D eigenvalue weighted by Crippen LogP contribution is -2.46. The number of nitrogens with one attached hydrogen (secondary N) is 1. The molecule has 1 aromatic heterocycles. The minimum Gasteiger partial charge on any atom is -0.490 e. The summed E-state index contributed by atoms with van der Waals surface area (Å²) in [6, 6.07) is 2.70. The van der Waals surface area contributed by atoms with Crippen molar-refractivity contribution in [3.63, 3.8) is 0 Å². The van der Waals surface area contributed by atoms with Gasteiger partial charge in [0.15, 0.2) is 0 Å². The van der Waals surface area contributed by atoms with Gasteiger partial charge in [-0.2, -0.15) is 0 Å². The second kappa shape index (κ2) is 10.6. The van der Waals surface area contributed by atoms with Crippen LogP contribution in [0.1, 0.15) is 69.3 Å². The number of hydrogen-bond acceptors (Lipinski definition) is 5. The van der Waals surface area contributed by atoms with Gasteiger partial charge in [0.05, 0.1) is 12.3 Å². The summed E-state index contributed by atoms with van der Waals surface area (Å²) in [7, 11) is 0. The Hall–Kier alpha value is -1.17. The average molecular weight is 389 g/mol. The molecule has 1 saturated heterocycles. The Morgan fingerprint density at radius 2 is 1.93 bits per heavy atom. The second-order valence-corrected chi connectivity index (χ2v) is 8.69. The molecule has 2 heterocycles. The quantitative estimate of drug-likeness (QED) is 0.547. The first kappa shape index (κ1) is 20.1. The van der Waals surface area contributed by atoms with Gasteiger partial charge in [0.25, 0.3) is 0 Å². The van der Waals surface area contributed by atoms with Crippen LogP contribution in [-0.4, -0.2) is 50.1 Å². The summed E-state index contributed by atoms with van der Waals surface area (Å²) in [5, 5.41) is 3.36. The van der Waals surface area contributed by atoms with Crippen LogP contribution in [0.5, 0.6) is 5.75 Å². The van der Waals surface area contributed by atoms with Crippen molar-refractivity contribution in [2.45, 2.75) is 75.9 Å². The molecule has 0 amide bonds. The average Bonchev–Trinajstić information content (AvgIpc) is 3.47. The number of rotatable bonds is 12. The molecule has 3 atom stereocenters. The normalized spacial score (nSPS) is 27.4. The molecule has 1 aromatic rings. The fourth-order valence-electron chi connectivity index (χ4n) is 4.36. The molecule has 0 unspecified atom stereocenters. The summed E-state index contributed by atoms with van der Waals surface area (Å²) >= 11 is 0. The lowest BCUT2D eigenvalue weighted by molar-refractivity contribution is 0.0135. The van der Waals surface area contributed by atoms with Crippen LogP contribution in [0.2, 0.25) is 0 Å². The summed E-state index contributed by atoms with van der Waals surface area (Å²) in [6.07, 6.45) is 15.5. The predicted molar refractivity (Wildman–Crippen MR) is 110 cm³/mol. The largest absolute Gasteiger partial charge is 0.490 e. The third-order valence-corrected chi connectivity index (χ3v) is 6.43. The zero-order valence-corrected chi connectivity index (χ0v) is 17.1. The monoisotopic (exact) mass is 388 g/mol. The van der Waals surface area contributed by atoms with Gasteiger partial charge in [-0.05, 0) is 68.5 Å². The number of aromatic nitrogens is 1. The van der Waals surface area contributed by atoms with Crippen LogP contribution in [-0.2, 0) is 9.47 Å². The maximum atomic E-state index is 5.95. The van der Waals surface area contributed by atoms with Gasteiger partial charge in [0, 0.05) is 32.1 Å². The van der Waals surface area contributed by atoms with Crippen LogP contribution >= 0.6 is 0 Å². The highest BCUT2D eigenvalue weighted by molar-refractivity contribution is 5.30. The van der Waals surface area contributed by atoms with Crippen molar-refractivity contribution < 1.29 is 14.2 Å². The molecule has 0 radical (unpaired) electrons. The fourth-order valence-corrected chi connectivity index (χ4v) is 4.36. The number of nitrogens with zero attached hydrogens (tertiary/aromatic N) is 1. The topological polar surface area (TPSA) is 52.6 Å². The lowest BCUT2D eigenvalue weighted by Gasteiger charge is -2.27. The SMILES string of the molecule is c1ncc([C@H]2C[C@@H]2CCOCCCOC2CCCCC2)cc1OC[C@@H]1CCN1. The van der Waals surface area contributed by atoms with Crippen LogP contribution in [0, 0.1) is 5.92 Å². The van der Waals surface area contributed by atoms with Gasteiger partial charge in [0.1, 0.15) is 12.4 Å². The van der Waals surface area contributed by atoms with Gasteiger partial charge in [-0.15, -0.1) is 0 Å². The summed E-state index contributed by atoms with van der Waals surface area (Å²) in [5.74, 6) is 2.28. The standard InChI is InChI=1S/C23H36N2O3/c1-2-5-21(6-3-1)27-11-4-10-26-12-8-18-14-23(18)19-13-22(16-24-15-19)28-17-20-7-9-25-20/h13,15-16,18,20-21,23,25H,1-12,14,17H2/t18-,20-,23-/m0/s1. The van der Waals surface area contributed by atoms with Crippen LogP contribution in [0.15, 0.2) is 18.5 Å². The van der Waals surface area contributed by atoms with Crippen molar-refractivity contribution in [2.75, 3.05) is 33.0 Å². The fraction of sp³-hybridized carbons (Fsp3) is 0.783. The van der Waals surface area contributed by atoms with E-state index in [0.717, 1.165) is 57.5 Å². The molecular weight excluding hydrogens is 352 g/mol. The molecule has 4 rings (SSSR count). The first-order chi connectivity index (χ1) is 13.9. The van der Waals surface area contributed by atoms with Crippen LogP contribution in [0.4, 0.5) is 0 Å². The first-order valence-corrected chi connectivity index (χ1v) is 11.4. The molecule has 5 heteroatoms.